The van der Waals surface area contributed by atoms with Gasteiger partial charge in [0.1, 0.15) is 0 Å². The zero-order valence-electron chi connectivity index (χ0n) is 11.8. The predicted molar refractivity (Wildman–Crippen MR) is 73.4 cm³/mol. The van der Waals surface area contributed by atoms with Crippen molar-refractivity contribution in [2.24, 2.45) is 5.73 Å². The van der Waals surface area contributed by atoms with Crippen molar-refractivity contribution in [1.29, 1.82) is 0 Å². The Morgan fingerprint density at radius 1 is 1.20 bits per heavy atom. The molecule has 20 heavy (non-hydrogen) atoms. The lowest BCUT2D eigenvalue weighted by atomic mass is 10.1. The molecule has 1 rings (SSSR count). The Kier molecular flexibility index (Phi) is 8.63. The molecule has 6 heteroatoms. The number of nitrogens with two attached hydrogens (primary N) is 1. The van der Waals surface area contributed by atoms with E-state index in [2.05, 4.69) is 19.2 Å². The van der Waals surface area contributed by atoms with E-state index >= 15 is 0 Å². The van der Waals surface area contributed by atoms with Crippen LogP contribution in [0.15, 0.2) is 24.3 Å². The Morgan fingerprint density at radius 2 is 1.70 bits per heavy atom. The molecule has 1 aromatic rings. The second kappa shape index (κ2) is 9.36. The topological polar surface area (TPSA) is 55.1 Å². The van der Waals surface area contributed by atoms with E-state index in [1.54, 1.807) is 0 Å². The lowest BCUT2D eigenvalue weighted by Crippen LogP contribution is -2.26. The molecule has 0 saturated carbocycles. The van der Waals surface area contributed by atoms with Gasteiger partial charge in [-0.05, 0) is 37.2 Å². The van der Waals surface area contributed by atoms with Crippen molar-refractivity contribution in [3.05, 3.63) is 35.4 Å². The molecular weight excluding hydrogens is 269 g/mol. The molecule has 0 aliphatic rings. The summed E-state index contributed by atoms with van der Waals surface area (Å²) >= 11 is 0. The molecule has 0 heterocycles. The fourth-order valence-corrected chi connectivity index (χ4v) is 1.22. The number of amides is 1. The highest BCUT2D eigenvalue weighted by atomic mass is 19.4. The van der Waals surface area contributed by atoms with Gasteiger partial charge in [-0.2, -0.15) is 13.2 Å². The van der Waals surface area contributed by atoms with Gasteiger partial charge in [0.2, 0.25) is 0 Å². The number of nitrogens with one attached hydrogen (secondary N) is 1. The maximum absolute atomic E-state index is 12.3. The predicted octanol–water partition coefficient (Wildman–Crippen LogP) is 3.20. The van der Waals surface area contributed by atoms with E-state index in [9.17, 15) is 18.0 Å². The van der Waals surface area contributed by atoms with E-state index in [4.69, 9.17) is 5.73 Å². The molecule has 0 spiro atoms. The van der Waals surface area contributed by atoms with Crippen molar-refractivity contribution in [3.63, 3.8) is 0 Å². The minimum atomic E-state index is -4.38. The molecule has 3 nitrogen and oxygen atoms in total. The van der Waals surface area contributed by atoms with Gasteiger partial charge < -0.3 is 11.1 Å². The van der Waals surface area contributed by atoms with E-state index in [0.29, 0.717) is 19.5 Å². The van der Waals surface area contributed by atoms with E-state index in [1.165, 1.54) is 6.42 Å². The molecule has 0 radical (unpaired) electrons. The third kappa shape index (κ3) is 7.13. The second-order valence-electron chi connectivity index (χ2n) is 4.18. The standard InChI is InChI=1S/C11H13F3N2O.C3H8/c12-11(13,14)9-4-2-8(3-5-9)10(17)16-7-1-6-15;1-3-2/h2-5H,1,6-7,15H2,(H,16,17);3H2,1-2H3. The van der Waals surface area contributed by atoms with Crippen LogP contribution in [0.2, 0.25) is 0 Å². The summed E-state index contributed by atoms with van der Waals surface area (Å²) in [5.74, 6) is -0.396. The van der Waals surface area contributed by atoms with Gasteiger partial charge in [0.05, 0.1) is 5.56 Å². The van der Waals surface area contributed by atoms with E-state index in [-0.39, 0.29) is 5.56 Å². The van der Waals surface area contributed by atoms with Crippen LogP contribution in [0.5, 0.6) is 0 Å². The second-order valence-corrected chi connectivity index (χ2v) is 4.18. The largest absolute Gasteiger partial charge is 0.416 e. The van der Waals surface area contributed by atoms with Crippen molar-refractivity contribution in [1.82, 2.24) is 5.32 Å². The summed E-state index contributed by atoms with van der Waals surface area (Å²) in [7, 11) is 0. The summed E-state index contributed by atoms with van der Waals surface area (Å²) in [5, 5.41) is 2.56. The monoisotopic (exact) mass is 290 g/mol. The van der Waals surface area contributed by atoms with Crippen LogP contribution in [-0.4, -0.2) is 19.0 Å². The first kappa shape index (κ1) is 18.4. The van der Waals surface area contributed by atoms with Gasteiger partial charge in [-0.25, -0.2) is 0 Å². The number of carbonyl (C=O) groups excluding carboxylic acids is 1. The molecule has 0 aromatic heterocycles. The van der Waals surface area contributed by atoms with E-state index < -0.39 is 17.6 Å². The quantitative estimate of drug-likeness (QED) is 0.837. The fraction of sp³-hybridized carbons (Fsp3) is 0.500. The fourth-order valence-electron chi connectivity index (χ4n) is 1.22. The maximum atomic E-state index is 12.3. The van der Waals surface area contributed by atoms with Gasteiger partial charge in [-0.3, -0.25) is 4.79 Å². The lowest BCUT2D eigenvalue weighted by Gasteiger charge is -2.08. The first-order chi connectivity index (χ1) is 9.36. The summed E-state index contributed by atoms with van der Waals surface area (Å²) in [6.07, 6.45) is -2.50. The first-order valence-electron chi connectivity index (χ1n) is 6.52. The van der Waals surface area contributed by atoms with Crippen molar-refractivity contribution in [3.8, 4) is 0 Å². The summed E-state index contributed by atoms with van der Waals surface area (Å²) in [5.41, 5.74) is 4.68. The number of halogens is 3. The number of rotatable bonds is 4. The highest BCUT2D eigenvalue weighted by Gasteiger charge is 2.30. The summed E-state index contributed by atoms with van der Waals surface area (Å²) in [4.78, 5) is 11.4. The molecule has 114 valence electrons. The molecule has 0 unspecified atom stereocenters. The van der Waals surface area contributed by atoms with Crippen molar-refractivity contribution < 1.29 is 18.0 Å². The number of benzene rings is 1. The third-order valence-corrected chi connectivity index (χ3v) is 2.14. The Hall–Kier alpha value is -1.56. The molecule has 0 fully saturated rings. The number of hydrogen-bond acceptors (Lipinski definition) is 2. The van der Waals surface area contributed by atoms with Crippen LogP contribution >= 0.6 is 0 Å². The average molecular weight is 290 g/mol. The first-order valence-corrected chi connectivity index (χ1v) is 6.52. The SMILES string of the molecule is CCC.NCCCNC(=O)c1ccc(C(F)(F)F)cc1. The van der Waals surface area contributed by atoms with Gasteiger partial charge in [0.25, 0.3) is 5.91 Å². The third-order valence-electron chi connectivity index (χ3n) is 2.14. The Morgan fingerprint density at radius 3 is 2.10 bits per heavy atom. The zero-order chi connectivity index (χ0) is 15.6. The maximum Gasteiger partial charge on any atom is 0.416 e. The van der Waals surface area contributed by atoms with Gasteiger partial charge >= 0.3 is 6.18 Å². The Labute approximate surface area is 117 Å². The lowest BCUT2D eigenvalue weighted by molar-refractivity contribution is -0.137. The smallest absolute Gasteiger partial charge is 0.352 e. The van der Waals surface area contributed by atoms with E-state index in [1.807, 2.05) is 0 Å². The zero-order valence-corrected chi connectivity index (χ0v) is 11.8. The van der Waals surface area contributed by atoms with Crippen LogP contribution in [0.1, 0.15) is 42.6 Å². The van der Waals surface area contributed by atoms with Crippen LogP contribution in [0, 0.1) is 0 Å². The molecule has 1 amide bonds. The number of carbonyl (C=O) groups is 1. The molecule has 0 bridgehead atoms. The molecule has 0 saturated heterocycles. The number of alkyl halides is 3. The summed E-state index contributed by atoms with van der Waals surface area (Å²) in [6.45, 7) is 5.11. The average Bonchev–Trinajstić information content (AvgIpc) is 2.39. The molecule has 1 aromatic carbocycles. The Bertz CT molecular complexity index is 388. The highest BCUT2D eigenvalue weighted by Crippen LogP contribution is 2.28. The van der Waals surface area contributed by atoms with Crippen LogP contribution in [-0.2, 0) is 6.18 Å². The molecule has 3 N–H and O–H groups in total. The van der Waals surface area contributed by atoms with Crippen LogP contribution in [0.25, 0.3) is 0 Å². The molecule has 0 aliphatic carbocycles. The van der Waals surface area contributed by atoms with Gasteiger partial charge in [-0.1, -0.05) is 20.3 Å². The van der Waals surface area contributed by atoms with Crippen LogP contribution in [0.4, 0.5) is 13.2 Å². The van der Waals surface area contributed by atoms with Gasteiger partial charge in [-0.15, -0.1) is 0 Å². The minimum absolute atomic E-state index is 0.204. The highest BCUT2D eigenvalue weighted by molar-refractivity contribution is 5.94. The molecular formula is C14H21F3N2O. The van der Waals surface area contributed by atoms with E-state index in [0.717, 1.165) is 24.3 Å². The van der Waals surface area contributed by atoms with Gasteiger partial charge in [0.15, 0.2) is 0 Å². The minimum Gasteiger partial charge on any atom is -0.352 e. The molecule has 0 aliphatic heterocycles. The van der Waals surface area contributed by atoms with Gasteiger partial charge in [0, 0.05) is 12.1 Å². The van der Waals surface area contributed by atoms with Crippen LogP contribution < -0.4 is 11.1 Å². The Balaban J connectivity index is 0.00000110. The van der Waals surface area contributed by atoms with Crippen molar-refractivity contribution >= 4 is 5.91 Å². The van der Waals surface area contributed by atoms with Crippen molar-refractivity contribution in [2.75, 3.05) is 13.1 Å². The van der Waals surface area contributed by atoms with Crippen molar-refractivity contribution in [2.45, 2.75) is 32.9 Å². The summed E-state index contributed by atoms with van der Waals surface area (Å²) < 4.78 is 36.8. The number of hydrogen-bond donors (Lipinski definition) is 2. The normalized spacial score (nSPS) is 10.5. The summed E-state index contributed by atoms with van der Waals surface area (Å²) in [6, 6.07) is 4.08. The molecule has 0 atom stereocenters. The van der Waals surface area contributed by atoms with Crippen LogP contribution in [0.3, 0.4) is 0 Å².